The van der Waals surface area contributed by atoms with Crippen LogP contribution < -0.4 is 5.32 Å². The summed E-state index contributed by atoms with van der Waals surface area (Å²) in [7, 11) is 0. The highest BCUT2D eigenvalue weighted by Gasteiger charge is 2.38. The van der Waals surface area contributed by atoms with Crippen LogP contribution in [0.1, 0.15) is 51.3 Å². The van der Waals surface area contributed by atoms with Crippen LogP contribution in [0.2, 0.25) is 10.0 Å². The average Bonchev–Trinajstić information content (AvgIpc) is 2.98. The Kier molecular flexibility index (Phi) is 6.43. The van der Waals surface area contributed by atoms with Crippen molar-refractivity contribution in [1.82, 2.24) is 4.90 Å². The Bertz CT molecular complexity index is 1050. The summed E-state index contributed by atoms with van der Waals surface area (Å²) in [6.07, 6.45) is 0.619. The maximum Gasteiger partial charge on any atom is 0.338 e. The van der Waals surface area contributed by atoms with Gasteiger partial charge in [0, 0.05) is 11.7 Å². The molecule has 3 rings (SSSR count). The molecular formula is C21H18Cl2N2O5. The third-order valence-electron chi connectivity index (χ3n) is 4.72. The van der Waals surface area contributed by atoms with E-state index in [1.54, 1.807) is 13.0 Å². The summed E-state index contributed by atoms with van der Waals surface area (Å²) in [6.45, 7) is 3.12. The lowest BCUT2D eigenvalue weighted by molar-refractivity contribution is -0.119. The number of fused-ring (bicyclic) bond motifs is 1. The van der Waals surface area contributed by atoms with Crippen molar-refractivity contribution in [3.63, 3.8) is 0 Å². The number of rotatable bonds is 6. The number of halogens is 2. The molecule has 0 spiro atoms. The predicted molar refractivity (Wildman–Crippen MR) is 112 cm³/mol. The van der Waals surface area contributed by atoms with Crippen LogP contribution in [-0.4, -0.2) is 41.2 Å². The fourth-order valence-corrected chi connectivity index (χ4v) is 3.25. The van der Waals surface area contributed by atoms with Crippen LogP contribution in [-0.2, 0) is 9.53 Å². The summed E-state index contributed by atoms with van der Waals surface area (Å²) >= 11 is 11.7. The Labute approximate surface area is 182 Å². The number of hydrogen-bond acceptors (Lipinski definition) is 5. The minimum absolute atomic E-state index is 0.0724. The molecule has 0 aromatic heterocycles. The van der Waals surface area contributed by atoms with Crippen molar-refractivity contribution in [1.29, 1.82) is 0 Å². The molecule has 0 saturated carbocycles. The summed E-state index contributed by atoms with van der Waals surface area (Å²) in [4.78, 5) is 50.5. The van der Waals surface area contributed by atoms with Crippen molar-refractivity contribution in [2.45, 2.75) is 26.3 Å². The molecule has 156 valence electrons. The van der Waals surface area contributed by atoms with Gasteiger partial charge in [0.2, 0.25) is 0 Å². The first kappa shape index (κ1) is 21.8. The molecule has 1 N–H and O–H groups in total. The third kappa shape index (κ3) is 4.32. The van der Waals surface area contributed by atoms with Crippen molar-refractivity contribution in [3.8, 4) is 0 Å². The van der Waals surface area contributed by atoms with E-state index in [0.717, 1.165) is 0 Å². The zero-order valence-corrected chi connectivity index (χ0v) is 17.7. The number of nitrogens with zero attached hydrogens (tertiary/aromatic N) is 1. The molecule has 1 aliphatic rings. The van der Waals surface area contributed by atoms with Crippen LogP contribution in [0, 0.1) is 0 Å². The number of hydrogen-bond donors (Lipinski definition) is 1. The van der Waals surface area contributed by atoms with E-state index in [9.17, 15) is 19.2 Å². The van der Waals surface area contributed by atoms with Crippen LogP contribution in [0.25, 0.3) is 0 Å². The molecule has 1 aliphatic heterocycles. The van der Waals surface area contributed by atoms with Gasteiger partial charge in [0.25, 0.3) is 17.7 Å². The first-order valence-electron chi connectivity index (χ1n) is 9.16. The van der Waals surface area contributed by atoms with E-state index in [-0.39, 0.29) is 33.7 Å². The molecular weight excluding hydrogens is 431 g/mol. The number of benzene rings is 2. The van der Waals surface area contributed by atoms with Gasteiger partial charge < -0.3 is 10.1 Å². The molecule has 9 heteroatoms. The second kappa shape index (κ2) is 8.85. The SMILES string of the molecule is CCC(C)N1C(=O)c2ccc(C(=O)OCC(=O)Nc3ccc(Cl)c(Cl)c3)cc2C1=O. The molecule has 3 amide bonds. The molecule has 2 aromatic rings. The number of carbonyl (C=O) groups excluding carboxylic acids is 4. The van der Waals surface area contributed by atoms with E-state index >= 15 is 0 Å². The van der Waals surface area contributed by atoms with Crippen LogP contribution >= 0.6 is 23.2 Å². The van der Waals surface area contributed by atoms with Gasteiger partial charge in [-0.05, 0) is 49.7 Å². The highest BCUT2D eigenvalue weighted by Crippen LogP contribution is 2.27. The molecule has 30 heavy (non-hydrogen) atoms. The second-order valence-electron chi connectivity index (χ2n) is 6.75. The molecule has 7 nitrogen and oxygen atoms in total. The van der Waals surface area contributed by atoms with Gasteiger partial charge in [-0.2, -0.15) is 0 Å². The monoisotopic (exact) mass is 448 g/mol. The Morgan fingerprint density at radius 2 is 1.73 bits per heavy atom. The molecule has 0 fully saturated rings. The number of anilines is 1. The van der Waals surface area contributed by atoms with Gasteiger partial charge >= 0.3 is 5.97 Å². The minimum Gasteiger partial charge on any atom is -0.452 e. The number of esters is 1. The maximum atomic E-state index is 12.6. The maximum absolute atomic E-state index is 12.6. The van der Waals surface area contributed by atoms with Gasteiger partial charge in [0.15, 0.2) is 6.61 Å². The number of nitrogens with one attached hydrogen (secondary N) is 1. The van der Waals surface area contributed by atoms with Gasteiger partial charge in [-0.25, -0.2) is 4.79 Å². The van der Waals surface area contributed by atoms with E-state index in [1.807, 2.05) is 6.92 Å². The van der Waals surface area contributed by atoms with Crippen molar-refractivity contribution in [3.05, 3.63) is 63.1 Å². The lowest BCUT2D eigenvalue weighted by atomic mass is 10.1. The van der Waals surface area contributed by atoms with E-state index in [0.29, 0.717) is 17.1 Å². The zero-order valence-electron chi connectivity index (χ0n) is 16.2. The molecule has 1 atom stereocenters. The molecule has 0 saturated heterocycles. The lowest BCUT2D eigenvalue weighted by Gasteiger charge is -2.20. The smallest absolute Gasteiger partial charge is 0.338 e. The first-order valence-corrected chi connectivity index (χ1v) is 9.92. The lowest BCUT2D eigenvalue weighted by Crippen LogP contribution is -2.37. The minimum atomic E-state index is -0.788. The Morgan fingerprint density at radius 3 is 2.40 bits per heavy atom. The average molecular weight is 449 g/mol. The molecule has 2 aromatic carbocycles. The van der Waals surface area contributed by atoms with Gasteiger partial charge in [0.1, 0.15) is 0 Å². The van der Waals surface area contributed by atoms with Crippen LogP contribution in [0.4, 0.5) is 5.69 Å². The van der Waals surface area contributed by atoms with Crippen molar-refractivity contribution in [2.75, 3.05) is 11.9 Å². The van der Waals surface area contributed by atoms with Crippen molar-refractivity contribution in [2.24, 2.45) is 0 Å². The normalized spacial score (nSPS) is 13.8. The van der Waals surface area contributed by atoms with E-state index in [4.69, 9.17) is 27.9 Å². The van der Waals surface area contributed by atoms with E-state index in [2.05, 4.69) is 5.32 Å². The van der Waals surface area contributed by atoms with E-state index < -0.39 is 24.4 Å². The summed E-state index contributed by atoms with van der Waals surface area (Å²) < 4.78 is 5.01. The fourth-order valence-electron chi connectivity index (χ4n) is 2.95. The second-order valence-corrected chi connectivity index (χ2v) is 7.57. The quantitative estimate of drug-likeness (QED) is 0.528. The summed E-state index contributed by atoms with van der Waals surface area (Å²) in [5.74, 6) is -2.19. The highest BCUT2D eigenvalue weighted by molar-refractivity contribution is 6.42. The molecule has 1 heterocycles. The van der Waals surface area contributed by atoms with Gasteiger partial charge in [-0.1, -0.05) is 30.1 Å². The number of amides is 3. The number of ether oxygens (including phenoxy) is 1. The molecule has 0 radical (unpaired) electrons. The van der Waals surface area contributed by atoms with Crippen molar-refractivity contribution < 1.29 is 23.9 Å². The number of imide groups is 1. The standard InChI is InChI=1S/C21H18Cl2N2O5/c1-3-11(2)25-19(27)14-6-4-12(8-15(14)20(25)28)21(29)30-10-18(26)24-13-5-7-16(22)17(23)9-13/h4-9,11H,3,10H2,1-2H3,(H,24,26). The van der Waals surface area contributed by atoms with Crippen LogP contribution in [0.15, 0.2) is 36.4 Å². The fraction of sp³-hybridized carbons (Fsp3) is 0.238. The molecule has 0 bridgehead atoms. The highest BCUT2D eigenvalue weighted by atomic mass is 35.5. The van der Waals surface area contributed by atoms with Gasteiger partial charge in [-0.3, -0.25) is 19.3 Å². The Hall–Kier alpha value is -2.90. The Morgan fingerprint density at radius 1 is 1.03 bits per heavy atom. The molecule has 1 unspecified atom stereocenters. The van der Waals surface area contributed by atoms with Crippen LogP contribution in [0.3, 0.4) is 0 Å². The molecule has 0 aliphatic carbocycles. The number of carbonyl (C=O) groups is 4. The third-order valence-corrected chi connectivity index (χ3v) is 5.46. The topological polar surface area (TPSA) is 92.8 Å². The predicted octanol–water partition coefficient (Wildman–Crippen LogP) is 4.18. The van der Waals surface area contributed by atoms with Gasteiger partial charge in [-0.15, -0.1) is 0 Å². The van der Waals surface area contributed by atoms with Crippen molar-refractivity contribution >= 4 is 52.6 Å². The Balaban J connectivity index is 1.65. The summed E-state index contributed by atoms with van der Waals surface area (Å²) in [5.41, 5.74) is 0.865. The van der Waals surface area contributed by atoms with E-state index in [1.165, 1.54) is 35.2 Å². The summed E-state index contributed by atoms with van der Waals surface area (Å²) in [6, 6.07) is 8.43. The van der Waals surface area contributed by atoms with Crippen LogP contribution in [0.5, 0.6) is 0 Å². The summed E-state index contributed by atoms with van der Waals surface area (Å²) in [5, 5.41) is 3.15. The first-order chi connectivity index (χ1) is 14.2. The van der Waals surface area contributed by atoms with Gasteiger partial charge in [0.05, 0.1) is 26.7 Å². The largest absolute Gasteiger partial charge is 0.452 e. The zero-order chi connectivity index (χ0) is 22.0.